The summed E-state index contributed by atoms with van der Waals surface area (Å²) in [5.41, 5.74) is 0.948. The minimum absolute atomic E-state index is 0. The molecule has 0 unspecified atom stereocenters. The molecule has 0 bridgehead atoms. The third-order valence-corrected chi connectivity index (χ3v) is 4.71. The van der Waals surface area contributed by atoms with Crippen LogP contribution in [0.1, 0.15) is 31.7 Å². The number of nitrogens with zero attached hydrogens (tertiary/aromatic N) is 2. The van der Waals surface area contributed by atoms with E-state index in [0.717, 1.165) is 36.9 Å². The van der Waals surface area contributed by atoms with Crippen molar-refractivity contribution in [2.45, 2.75) is 32.7 Å². The van der Waals surface area contributed by atoms with E-state index in [0.29, 0.717) is 18.0 Å². The summed E-state index contributed by atoms with van der Waals surface area (Å²) in [6.07, 6.45) is 3.99. The zero-order valence-electron chi connectivity index (χ0n) is 17.5. The standard InChI is InChI=1S/C20H34N4O3.HI/c1-5-21-20(22-9-12-24-10-7-6-8-11-24)23-15-16-13-18(26-3)19(27-4)14-17(16)25-2;/h13-14H,5-12,15H2,1-4H3,(H2,21,22,23);1H. The fourth-order valence-electron chi connectivity index (χ4n) is 3.24. The Balaban J connectivity index is 0.00000392. The van der Waals surface area contributed by atoms with E-state index in [9.17, 15) is 0 Å². The lowest BCUT2D eigenvalue weighted by Gasteiger charge is -2.26. The molecule has 160 valence electrons. The van der Waals surface area contributed by atoms with Gasteiger partial charge >= 0.3 is 0 Å². The van der Waals surface area contributed by atoms with E-state index >= 15 is 0 Å². The van der Waals surface area contributed by atoms with Crippen molar-refractivity contribution in [3.05, 3.63) is 17.7 Å². The van der Waals surface area contributed by atoms with Crippen molar-refractivity contribution in [3.8, 4) is 17.2 Å². The monoisotopic (exact) mass is 506 g/mol. The van der Waals surface area contributed by atoms with Gasteiger partial charge in [0.15, 0.2) is 17.5 Å². The lowest BCUT2D eigenvalue weighted by atomic mass is 10.1. The van der Waals surface area contributed by atoms with Crippen LogP contribution in [0.5, 0.6) is 17.2 Å². The molecular weight excluding hydrogens is 471 g/mol. The zero-order chi connectivity index (χ0) is 19.5. The summed E-state index contributed by atoms with van der Waals surface area (Å²) < 4.78 is 16.2. The van der Waals surface area contributed by atoms with Gasteiger partial charge in [-0.05, 0) is 38.9 Å². The predicted octanol–water partition coefficient (Wildman–Crippen LogP) is 2.87. The van der Waals surface area contributed by atoms with E-state index in [1.165, 1.54) is 32.4 Å². The molecule has 8 heteroatoms. The molecule has 1 heterocycles. The zero-order valence-corrected chi connectivity index (χ0v) is 19.9. The van der Waals surface area contributed by atoms with Gasteiger partial charge in [-0.2, -0.15) is 0 Å². The number of guanidine groups is 1. The Morgan fingerprint density at radius 2 is 1.61 bits per heavy atom. The lowest BCUT2D eigenvalue weighted by Crippen LogP contribution is -2.42. The number of aliphatic imine (C=N–C) groups is 1. The van der Waals surface area contributed by atoms with Crippen LogP contribution < -0.4 is 24.8 Å². The molecule has 1 aliphatic heterocycles. The lowest BCUT2D eigenvalue weighted by molar-refractivity contribution is 0.232. The second-order valence-electron chi connectivity index (χ2n) is 6.54. The number of methoxy groups -OCH3 is 3. The third kappa shape index (κ3) is 7.54. The summed E-state index contributed by atoms with van der Waals surface area (Å²) in [6, 6.07) is 3.75. The van der Waals surface area contributed by atoms with Crippen LogP contribution in [0.25, 0.3) is 0 Å². The molecule has 28 heavy (non-hydrogen) atoms. The topological polar surface area (TPSA) is 67.4 Å². The van der Waals surface area contributed by atoms with E-state index < -0.39 is 0 Å². The van der Waals surface area contributed by atoms with Gasteiger partial charge in [0.25, 0.3) is 0 Å². The van der Waals surface area contributed by atoms with Crippen LogP contribution >= 0.6 is 24.0 Å². The van der Waals surface area contributed by atoms with Crippen molar-refractivity contribution in [1.82, 2.24) is 15.5 Å². The Labute approximate surface area is 186 Å². The van der Waals surface area contributed by atoms with Crippen molar-refractivity contribution in [3.63, 3.8) is 0 Å². The Kier molecular flexibility index (Phi) is 12.1. The van der Waals surface area contributed by atoms with Gasteiger partial charge < -0.3 is 29.7 Å². The molecule has 1 aromatic carbocycles. The maximum absolute atomic E-state index is 5.49. The normalized spacial score (nSPS) is 14.8. The Hall–Kier alpha value is -1.42. The van der Waals surface area contributed by atoms with Gasteiger partial charge in [-0.1, -0.05) is 6.42 Å². The molecule has 0 spiro atoms. The van der Waals surface area contributed by atoms with Crippen LogP contribution in [0, 0.1) is 0 Å². The summed E-state index contributed by atoms with van der Waals surface area (Å²) >= 11 is 0. The maximum Gasteiger partial charge on any atom is 0.191 e. The van der Waals surface area contributed by atoms with Gasteiger partial charge in [-0.3, -0.25) is 0 Å². The van der Waals surface area contributed by atoms with E-state index in [1.54, 1.807) is 21.3 Å². The molecule has 0 aliphatic carbocycles. The van der Waals surface area contributed by atoms with Crippen molar-refractivity contribution in [1.29, 1.82) is 0 Å². The van der Waals surface area contributed by atoms with Gasteiger partial charge in [0.05, 0.1) is 27.9 Å². The molecule has 0 aromatic heterocycles. The van der Waals surface area contributed by atoms with Gasteiger partial charge in [0.1, 0.15) is 5.75 Å². The summed E-state index contributed by atoms with van der Waals surface area (Å²) in [5.74, 6) is 2.87. The molecule has 1 fully saturated rings. The van der Waals surface area contributed by atoms with Gasteiger partial charge in [0, 0.05) is 31.3 Å². The average molecular weight is 506 g/mol. The molecule has 0 radical (unpaired) electrons. The number of benzene rings is 1. The predicted molar refractivity (Wildman–Crippen MR) is 125 cm³/mol. The number of rotatable bonds is 9. The molecule has 2 rings (SSSR count). The number of nitrogens with one attached hydrogen (secondary N) is 2. The molecule has 2 N–H and O–H groups in total. The van der Waals surface area contributed by atoms with Gasteiger partial charge in [0.2, 0.25) is 0 Å². The Morgan fingerprint density at radius 1 is 0.964 bits per heavy atom. The van der Waals surface area contributed by atoms with Crippen LogP contribution in [-0.2, 0) is 6.54 Å². The minimum Gasteiger partial charge on any atom is -0.496 e. The van der Waals surface area contributed by atoms with Crippen molar-refractivity contribution >= 4 is 29.9 Å². The molecule has 1 aromatic rings. The highest BCUT2D eigenvalue weighted by atomic mass is 127. The first-order chi connectivity index (χ1) is 13.2. The van der Waals surface area contributed by atoms with Crippen molar-refractivity contribution in [2.75, 3.05) is 54.1 Å². The number of hydrogen-bond acceptors (Lipinski definition) is 5. The van der Waals surface area contributed by atoms with Crippen LogP contribution in [0.3, 0.4) is 0 Å². The molecule has 0 atom stereocenters. The molecule has 0 saturated carbocycles. The third-order valence-electron chi connectivity index (χ3n) is 4.71. The molecular formula is C20H35IN4O3. The van der Waals surface area contributed by atoms with E-state index in [1.807, 2.05) is 12.1 Å². The first-order valence-electron chi connectivity index (χ1n) is 9.75. The van der Waals surface area contributed by atoms with Crippen molar-refractivity contribution in [2.24, 2.45) is 4.99 Å². The Morgan fingerprint density at radius 3 is 2.21 bits per heavy atom. The highest BCUT2D eigenvalue weighted by Gasteiger charge is 2.12. The largest absolute Gasteiger partial charge is 0.496 e. The first kappa shape index (κ1) is 24.6. The van der Waals surface area contributed by atoms with Crippen LogP contribution in [-0.4, -0.2) is 64.9 Å². The fourth-order valence-corrected chi connectivity index (χ4v) is 3.24. The number of ether oxygens (including phenoxy) is 3. The Bertz CT molecular complexity index is 607. The summed E-state index contributed by atoms with van der Waals surface area (Å²) in [6.45, 7) is 7.72. The molecule has 1 saturated heterocycles. The van der Waals surface area contributed by atoms with Crippen LogP contribution in [0.2, 0.25) is 0 Å². The van der Waals surface area contributed by atoms with Crippen LogP contribution in [0.4, 0.5) is 0 Å². The highest BCUT2D eigenvalue weighted by Crippen LogP contribution is 2.34. The van der Waals surface area contributed by atoms with Crippen LogP contribution in [0.15, 0.2) is 17.1 Å². The maximum atomic E-state index is 5.49. The smallest absolute Gasteiger partial charge is 0.191 e. The molecule has 1 aliphatic rings. The number of hydrogen-bond donors (Lipinski definition) is 2. The van der Waals surface area contributed by atoms with Gasteiger partial charge in [-0.25, -0.2) is 4.99 Å². The first-order valence-corrected chi connectivity index (χ1v) is 9.75. The highest BCUT2D eigenvalue weighted by molar-refractivity contribution is 14.0. The second-order valence-corrected chi connectivity index (χ2v) is 6.54. The van der Waals surface area contributed by atoms with E-state index in [-0.39, 0.29) is 24.0 Å². The van der Waals surface area contributed by atoms with Crippen molar-refractivity contribution < 1.29 is 14.2 Å². The summed E-state index contributed by atoms with van der Waals surface area (Å²) in [5, 5.41) is 6.73. The summed E-state index contributed by atoms with van der Waals surface area (Å²) in [4.78, 5) is 7.22. The number of likely N-dealkylation sites (tertiary alicyclic amines) is 1. The number of halogens is 1. The average Bonchev–Trinajstić information content (AvgIpc) is 2.72. The quantitative estimate of drug-likeness (QED) is 0.305. The van der Waals surface area contributed by atoms with Gasteiger partial charge in [-0.15, -0.1) is 24.0 Å². The minimum atomic E-state index is 0. The van der Waals surface area contributed by atoms with E-state index in [4.69, 9.17) is 19.2 Å². The second kappa shape index (κ2) is 13.7. The summed E-state index contributed by atoms with van der Waals surface area (Å²) in [7, 11) is 4.89. The molecule has 0 amide bonds. The van der Waals surface area contributed by atoms with E-state index in [2.05, 4.69) is 22.5 Å². The SMILES string of the molecule is CCNC(=NCc1cc(OC)c(OC)cc1OC)NCCN1CCCCC1.I. The fraction of sp³-hybridized carbons (Fsp3) is 0.650. The number of piperidine rings is 1. The molecule has 7 nitrogen and oxygen atoms in total.